The summed E-state index contributed by atoms with van der Waals surface area (Å²) in [6.45, 7) is 1.61. The molecule has 6 nitrogen and oxygen atoms in total. The summed E-state index contributed by atoms with van der Waals surface area (Å²) in [6.07, 6.45) is 0.944. The van der Waals surface area contributed by atoms with Crippen LogP contribution in [0.2, 0.25) is 5.02 Å². The van der Waals surface area contributed by atoms with Crippen molar-refractivity contribution in [1.82, 2.24) is 5.32 Å². The van der Waals surface area contributed by atoms with Crippen molar-refractivity contribution in [1.29, 1.82) is 0 Å². The first-order chi connectivity index (χ1) is 11.6. The average molecular weight is 366 g/mol. The van der Waals surface area contributed by atoms with E-state index in [1.165, 1.54) is 0 Å². The number of carbonyl (C=O) groups excluding carboxylic acids is 2. The number of carbonyl (C=O) groups is 2. The number of benzene rings is 1. The molecule has 0 bridgehead atoms. The van der Waals surface area contributed by atoms with Crippen LogP contribution in [0.1, 0.15) is 17.8 Å². The van der Waals surface area contributed by atoms with Gasteiger partial charge in [-0.3, -0.25) is 9.59 Å². The summed E-state index contributed by atoms with van der Waals surface area (Å²) in [5, 5.41) is 11.2. The molecular formula is C16H16ClN3O3S. The predicted molar refractivity (Wildman–Crippen MR) is 95.4 cm³/mol. The molecule has 0 saturated heterocycles. The van der Waals surface area contributed by atoms with Gasteiger partial charge in [-0.1, -0.05) is 35.0 Å². The van der Waals surface area contributed by atoms with E-state index in [0.717, 1.165) is 11.1 Å². The molecule has 1 aromatic carbocycles. The van der Waals surface area contributed by atoms with E-state index in [9.17, 15) is 9.59 Å². The zero-order valence-electron chi connectivity index (χ0n) is 12.9. The summed E-state index contributed by atoms with van der Waals surface area (Å²) >= 11 is 7.48. The van der Waals surface area contributed by atoms with Crippen LogP contribution in [0.25, 0.3) is 0 Å². The monoisotopic (exact) mass is 365 g/mol. The Morgan fingerprint density at radius 2 is 2.12 bits per heavy atom. The summed E-state index contributed by atoms with van der Waals surface area (Å²) in [7, 11) is 0. The first kappa shape index (κ1) is 18.0. The number of rotatable bonds is 7. The Morgan fingerprint density at radius 1 is 1.33 bits per heavy atom. The largest absolute Gasteiger partial charge is 0.386 e. The molecule has 2 N–H and O–H groups in total. The average Bonchev–Trinajstić information content (AvgIpc) is 3.08. The topological polar surface area (TPSA) is 79.8 Å². The Balaban J connectivity index is 1.71. The van der Waals surface area contributed by atoms with Crippen LogP contribution in [0.15, 0.2) is 46.9 Å². The molecule has 0 radical (unpaired) electrons. The molecule has 2 amide bonds. The summed E-state index contributed by atoms with van der Waals surface area (Å²) < 4.78 is 0. The Hall–Kier alpha value is -2.38. The number of para-hydroxylation sites is 1. The van der Waals surface area contributed by atoms with Crippen LogP contribution in [0, 0.1) is 0 Å². The van der Waals surface area contributed by atoms with Gasteiger partial charge < -0.3 is 15.5 Å². The second-order valence-electron chi connectivity index (χ2n) is 4.78. The van der Waals surface area contributed by atoms with Crippen molar-refractivity contribution >= 4 is 46.7 Å². The van der Waals surface area contributed by atoms with Crippen molar-refractivity contribution in [2.24, 2.45) is 5.16 Å². The zero-order chi connectivity index (χ0) is 17.4. The first-order valence-electron chi connectivity index (χ1n) is 7.10. The number of oxime groups is 1. The highest BCUT2D eigenvalue weighted by atomic mass is 35.5. The van der Waals surface area contributed by atoms with Gasteiger partial charge in [0.25, 0.3) is 11.8 Å². The van der Waals surface area contributed by atoms with Gasteiger partial charge in [0.15, 0.2) is 6.61 Å². The number of thiophene rings is 1. The maximum absolute atomic E-state index is 11.7. The van der Waals surface area contributed by atoms with Crippen LogP contribution in [0.4, 0.5) is 5.69 Å². The van der Waals surface area contributed by atoms with Crippen molar-refractivity contribution in [3.63, 3.8) is 0 Å². The van der Waals surface area contributed by atoms with E-state index in [-0.39, 0.29) is 18.6 Å². The lowest BCUT2D eigenvalue weighted by molar-refractivity contribution is -0.126. The second-order valence-corrected chi connectivity index (χ2v) is 6.17. The van der Waals surface area contributed by atoms with Gasteiger partial charge >= 0.3 is 0 Å². The number of hydrogen-bond acceptors (Lipinski definition) is 5. The summed E-state index contributed by atoms with van der Waals surface area (Å²) in [6, 6.07) is 10.6. The lowest BCUT2D eigenvalue weighted by Gasteiger charge is -2.11. The molecular weight excluding hydrogens is 350 g/mol. The number of amides is 2. The highest BCUT2D eigenvalue weighted by Gasteiger charge is 2.10. The number of anilines is 1. The van der Waals surface area contributed by atoms with E-state index in [2.05, 4.69) is 15.8 Å². The molecule has 1 unspecified atom stereocenters. The molecule has 24 heavy (non-hydrogen) atoms. The Bertz CT molecular complexity index is 719. The molecule has 2 aromatic rings. The van der Waals surface area contributed by atoms with Gasteiger partial charge in [-0.15, -0.1) is 11.3 Å². The highest BCUT2D eigenvalue weighted by Crippen LogP contribution is 2.20. The molecule has 1 aromatic heterocycles. The molecule has 0 aliphatic heterocycles. The van der Waals surface area contributed by atoms with E-state index in [1.54, 1.807) is 35.6 Å². The van der Waals surface area contributed by atoms with Gasteiger partial charge in [-0.2, -0.15) is 0 Å². The third kappa shape index (κ3) is 5.68. The van der Waals surface area contributed by atoms with Gasteiger partial charge in [-0.25, -0.2) is 0 Å². The van der Waals surface area contributed by atoms with Gasteiger partial charge in [0.1, 0.15) is 6.21 Å². The van der Waals surface area contributed by atoms with Crippen molar-refractivity contribution in [2.45, 2.75) is 13.0 Å². The minimum atomic E-state index is -0.504. The van der Waals surface area contributed by atoms with Gasteiger partial charge in [0.05, 0.1) is 16.8 Å². The summed E-state index contributed by atoms with van der Waals surface area (Å²) in [5.74, 6) is -0.824. The Labute approximate surface area is 148 Å². The molecule has 126 valence electrons. The number of halogens is 1. The van der Waals surface area contributed by atoms with Crippen LogP contribution in [-0.4, -0.2) is 24.6 Å². The molecule has 1 heterocycles. The molecule has 0 saturated carbocycles. The van der Waals surface area contributed by atoms with E-state index in [1.807, 2.05) is 24.4 Å². The fourth-order valence-corrected chi connectivity index (χ4v) is 2.72. The van der Waals surface area contributed by atoms with Crippen molar-refractivity contribution < 1.29 is 14.4 Å². The Kier molecular flexibility index (Phi) is 6.77. The van der Waals surface area contributed by atoms with E-state index in [4.69, 9.17) is 16.4 Å². The zero-order valence-corrected chi connectivity index (χ0v) is 14.4. The highest BCUT2D eigenvalue weighted by molar-refractivity contribution is 7.10. The third-order valence-corrected chi connectivity index (χ3v) is 4.30. The molecule has 0 aliphatic rings. The first-order valence-corrected chi connectivity index (χ1v) is 8.35. The molecule has 0 spiro atoms. The van der Waals surface area contributed by atoms with Crippen LogP contribution < -0.4 is 10.6 Å². The van der Waals surface area contributed by atoms with Gasteiger partial charge in [0, 0.05) is 4.88 Å². The van der Waals surface area contributed by atoms with Crippen LogP contribution >= 0.6 is 22.9 Å². The SMILES string of the molecule is CC(NC(=O)CO/N=C/C(=O)Nc1ccccc1Cl)c1cccs1. The summed E-state index contributed by atoms with van der Waals surface area (Å²) in [5.41, 5.74) is 0.470. The molecule has 1 atom stereocenters. The lowest BCUT2D eigenvalue weighted by atomic mass is 10.3. The van der Waals surface area contributed by atoms with E-state index < -0.39 is 5.91 Å². The lowest BCUT2D eigenvalue weighted by Crippen LogP contribution is -2.29. The third-order valence-electron chi connectivity index (χ3n) is 2.92. The fraction of sp³-hybridized carbons (Fsp3) is 0.188. The molecule has 0 aliphatic carbocycles. The smallest absolute Gasteiger partial charge is 0.270 e. The number of nitrogens with zero attached hydrogens (tertiary/aromatic N) is 1. The van der Waals surface area contributed by atoms with Crippen molar-refractivity contribution in [3.8, 4) is 0 Å². The summed E-state index contributed by atoms with van der Waals surface area (Å²) in [4.78, 5) is 29.2. The van der Waals surface area contributed by atoms with E-state index >= 15 is 0 Å². The van der Waals surface area contributed by atoms with Crippen molar-refractivity contribution in [2.75, 3.05) is 11.9 Å². The standard InChI is InChI=1S/C16H16ClN3O3S/c1-11(14-7-4-8-24-14)19-16(22)10-23-18-9-15(21)20-13-6-3-2-5-12(13)17/h2-9,11H,10H2,1H3,(H,19,22)(H,20,21)/b18-9+. The minimum absolute atomic E-state index is 0.103. The van der Waals surface area contributed by atoms with Gasteiger partial charge in [0.2, 0.25) is 0 Å². The Morgan fingerprint density at radius 3 is 2.83 bits per heavy atom. The van der Waals surface area contributed by atoms with Crippen molar-refractivity contribution in [3.05, 3.63) is 51.7 Å². The number of nitrogens with one attached hydrogen (secondary N) is 2. The molecule has 8 heteroatoms. The van der Waals surface area contributed by atoms with Crippen LogP contribution in [0.3, 0.4) is 0 Å². The molecule has 2 rings (SSSR count). The molecule has 0 fully saturated rings. The van der Waals surface area contributed by atoms with E-state index in [0.29, 0.717) is 10.7 Å². The van der Waals surface area contributed by atoms with Crippen LogP contribution in [0.5, 0.6) is 0 Å². The predicted octanol–water partition coefficient (Wildman–Crippen LogP) is 3.22. The quantitative estimate of drug-likeness (QED) is 0.584. The minimum Gasteiger partial charge on any atom is -0.386 e. The van der Waals surface area contributed by atoms with Crippen LogP contribution in [-0.2, 0) is 14.4 Å². The second kappa shape index (κ2) is 9.05. The maximum Gasteiger partial charge on any atom is 0.270 e. The number of hydrogen-bond donors (Lipinski definition) is 2. The fourth-order valence-electron chi connectivity index (χ4n) is 1.80. The van der Waals surface area contributed by atoms with Gasteiger partial charge in [-0.05, 0) is 30.5 Å². The normalized spacial score (nSPS) is 11.9. The maximum atomic E-state index is 11.7.